The number of anilines is 3. The Labute approximate surface area is 133 Å². The number of para-hydroxylation sites is 1. The van der Waals surface area contributed by atoms with Crippen molar-refractivity contribution in [2.45, 2.75) is 13.5 Å². The minimum absolute atomic E-state index is 0.327. The maximum atomic E-state index is 13.7. The molecule has 1 aromatic carbocycles. The van der Waals surface area contributed by atoms with Crippen LogP contribution in [0.15, 0.2) is 54.7 Å². The van der Waals surface area contributed by atoms with E-state index in [4.69, 9.17) is 0 Å². The second-order valence-electron chi connectivity index (χ2n) is 5.00. The highest BCUT2D eigenvalue weighted by atomic mass is 19.1. The molecule has 2 N–H and O–H groups in total. The van der Waals surface area contributed by atoms with Gasteiger partial charge < -0.3 is 10.6 Å². The zero-order valence-electron chi connectivity index (χ0n) is 12.6. The fraction of sp³-hybridized carbons (Fsp3) is 0.118. The van der Waals surface area contributed by atoms with Crippen molar-refractivity contribution >= 4 is 17.5 Å². The van der Waals surface area contributed by atoms with Gasteiger partial charge in [0.25, 0.3) is 0 Å². The summed E-state index contributed by atoms with van der Waals surface area (Å²) in [4.78, 5) is 12.9. The zero-order valence-corrected chi connectivity index (χ0v) is 12.6. The number of hydrogen-bond acceptors (Lipinski definition) is 5. The summed E-state index contributed by atoms with van der Waals surface area (Å²) in [5.74, 6) is 0.673. The Morgan fingerprint density at radius 2 is 1.87 bits per heavy atom. The first kappa shape index (κ1) is 14.9. The smallest absolute Gasteiger partial charge is 0.225 e. The van der Waals surface area contributed by atoms with Crippen molar-refractivity contribution in [3.63, 3.8) is 0 Å². The molecule has 0 aliphatic rings. The summed E-state index contributed by atoms with van der Waals surface area (Å²) in [6.45, 7) is 2.38. The molecule has 3 aromatic rings. The van der Waals surface area contributed by atoms with Crippen LogP contribution in [0.2, 0.25) is 0 Å². The molecule has 3 rings (SSSR count). The van der Waals surface area contributed by atoms with Crippen LogP contribution in [0.3, 0.4) is 0 Å². The van der Waals surface area contributed by atoms with Gasteiger partial charge in [-0.05, 0) is 31.2 Å². The summed E-state index contributed by atoms with van der Waals surface area (Å²) in [7, 11) is 0. The molecule has 0 fully saturated rings. The Kier molecular flexibility index (Phi) is 4.42. The van der Waals surface area contributed by atoms with Gasteiger partial charge in [0.1, 0.15) is 11.6 Å². The predicted molar refractivity (Wildman–Crippen MR) is 88.0 cm³/mol. The average molecular weight is 309 g/mol. The number of nitrogens with one attached hydrogen (secondary N) is 2. The minimum atomic E-state index is -0.327. The number of halogens is 1. The molecule has 0 aliphatic heterocycles. The first-order valence-corrected chi connectivity index (χ1v) is 7.22. The fourth-order valence-corrected chi connectivity index (χ4v) is 2.08. The van der Waals surface area contributed by atoms with Crippen LogP contribution >= 0.6 is 0 Å². The number of aromatic nitrogens is 3. The quantitative estimate of drug-likeness (QED) is 0.753. The lowest BCUT2D eigenvalue weighted by molar-refractivity contribution is 0.632. The summed E-state index contributed by atoms with van der Waals surface area (Å²) in [5.41, 5.74) is 2.05. The predicted octanol–water partition coefficient (Wildman–Crippen LogP) is 3.67. The molecule has 2 aromatic heterocycles. The molecule has 0 saturated carbocycles. The monoisotopic (exact) mass is 309 g/mol. The first-order chi connectivity index (χ1) is 11.2. The minimum Gasteiger partial charge on any atom is -0.349 e. The van der Waals surface area contributed by atoms with Crippen LogP contribution in [-0.2, 0) is 6.54 Å². The molecular formula is C17H16FN5. The molecule has 0 radical (unpaired) electrons. The molecule has 0 spiro atoms. The number of hydrogen-bond donors (Lipinski definition) is 2. The average Bonchev–Trinajstić information content (AvgIpc) is 2.56. The molecule has 0 atom stereocenters. The standard InChI is InChI=1S/C17H16FN5/c1-12-10-16(22-15-8-3-2-7-14(15)18)23-17(21-12)20-11-13-6-4-5-9-19-13/h2-10H,11H2,1H3,(H2,20,21,22,23). The van der Waals surface area contributed by atoms with Crippen molar-refractivity contribution in [3.05, 3.63) is 71.9 Å². The van der Waals surface area contributed by atoms with Gasteiger partial charge >= 0.3 is 0 Å². The normalized spacial score (nSPS) is 10.3. The van der Waals surface area contributed by atoms with Gasteiger partial charge in [-0.15, -0.1) is 0 Å². The van der Waals surface area contributed by atoms with Gasteiger partial charge in [-0.25, -0.2) is 9.37 Å². The third-order valence-electron chi connectivity index (χ3n) is 3.14. The van der Waals surface area contributed by atoms with Crippen LogP contribution in [0, 0.1) is 12.7 Å². The van der Waals surface area contributed by atoms with E-state index in [-0.39, 0.29) is 5.82 Å². The van der Waals surface area contributed by atoms with Crippen LogP contribution < -0.4 is 10.6 Å². The van der Waals surface area contributed by atoms with Gasteiger partial charge in [-0.1, -0.05) is 18.2 Å². The molecule has 0 amide bonds. The van der Waals surface area contributed by atoms with E-state index in [1.807, 2.05) is 25.1 Å². The first-order valence-electron chi connectivity index (χ1n) is 7.22. The van der Waals surface area contributed by atoms with Crippen molar-refractivity contribution in [2.24, 2.45) is 0 Å². The van der Waals surface area contributed by atoms with E-state index in [1.165, 1.54) is 6.07 Å². The van der Waals surface area contributed by atoms with Gasteiger partial charge in [0.05, 0.1) is 17.9 Å². The van der Waals surface area contributed by atoms with E-state index >= 15 is 0 Å². The topological polar surface area (TPSA) is 62.7 Å². The van der Waals surface area contributed by atoms with Crippen LogP contribution in [0.25, 0.3) is 0 Å². The lowest BCUT2D eigenvalue weighted by atomic mass is 10.3. The second kappa shape index (κ2) is 6.83. The molecule has 0 unspecified atom stereocenters. The summed E-state index contributed by atoms with van der Waals surface area (Å²) in [5, 5.41) is 6.09. The van der Waals surface area contributed by atoms with Crippen LogP contribution in [0.5, 0.6) is 0 Å². The summed E-state index contributed by atoms with van der Waals surface area (Å²) in [6, 6.07) is 13.9. The molecular weight excluding hydrogens is 293 g/mol. The van der Waals surface area contributed by atoms with E-state index in [9.17, 15) is 4.39 Å². The highest BCUT2D eigenvalue weighted by Crippen LogP contribution is 2.19. The molecule has 0 bridgehead atoms. The number of rotatable bonds is 5. The number of nitrogens with zero attached hydrogens (tertiary/aromatic N) is 3. The lowest BCUT2D eigenvalue weighted by Gasteiger charge is -2.10. The molecule has 0 saturated heterocycles. The van der Waals surface area contributed by atoms with Crippen LogP contribution in [-0.4, -0.2) is 15.0 Å². The molecule has 2 heterocycles. The summed E-state index contributed by atoms with van der Waals surface area (Å²) < 4.78 is 13.7. The largest absolute Gasteiger partial charge is 0.349 e. The Balaban J connectivity index is 1.75. The van der Waals surface area contributed by atoms with E-state index < -0.39 is 0 Å². The molecule has 23 heavy (non-hydrogen) atoms. The Morgan fingerprint density at radius 3 is 2.65 bits per heavy atom. The summed E-state index contributed by atoms with van der Waals surface area (Å²) in [6.07, 6.45) is 1.74. The Morgan fingerprint density at radius 1 is 1.04 bits per heavy atom. The van der Waals surface area contributed by atoms with Gasteiger partial charge in [-0.2, -0.15) is 4.98 Å². The highest BCUT2D eigenvalue weighted by molar-refractivity contribution is 5.58. The number of benzene rings is 1. The van der Waals surface area contributed by atoms with Crippen LogP contribution in [0.1, 0.15) is 11.4 Å². The van der Waals surface area contributed by atoms with Crippen molar-refractivity contribution in [1.29, 1.82) is 0 Å². The van der Waals surface area contributed by atoms with Gasteiger partial charge in [0.2, 0.25) is 5.95 Å². The van der Waals surface area contributed by atoms with Gasteiger partial charge in [0, 0.05) is 18.0 Å². The Hall–Kier alpha value is -3.02. The molecule has 0 aliphatic carbocycles. The zero-order chi connectivity index (χ0) is 16.1. The van der Waals surface area contributed by atoms with E-state index in [1.54, 1.807) is 30.5 Å². The van der Waals surface area contributed by atoms with E-state index in [2.05, 4.69) is 25.6 Å². The fourth-order valence-electron chi connectivity index (χ4n) is 2.08. The van der Waals surface area contributed by atoms with Crippen LogP contribution in [0.4, 0.5) is 21.8 Å². The highest BCUT2D eigenvalue weighted by Gasteiger charge is 2.05. The van der Waals surface area contributed by atoms with Gasteiger partial charge in [-0.3, -0.25) is 4.98 Å². The molecule has 6 heteroatoms. The van der Waals surface area contributed by atoms with Crippen molar-refractivity contribution in [1.82, 2.24) is 15.0 Å². The lowest BCUT2D eigenvalue weighted by Crippen LogP contribution is -2.07. The third kappa shape index (κ3) is 4.00. The Bertz CT molecular complexity index is 792. The van der Waals surface area contributed by atoms with Crippen molar-refractivity contribution in [3.8, 4) is 0 Å². The third-order valence-corrected chi connectivity index (χ3v) is 3.14. The SMILES string of the molecule is Cc1cc(Nc2ccccc2F)nc(NCc2ccccn2)n1. The van der Waals surface area contributed by atoms with Gasteiger partial charge in [0.15, 0.2) is 0 Å². The second-order valence-corrected chi connectivity index (χ2v) is 5.00. The maximum absolute atomic E-state index is 13.7. The van der Waals surface area contributed by atoms with E-state index in [0.29, 0.717) is 24.0 Å². The number of aryl methyl sites for hydroxylation is 1. The maximum Gasteiger partial charge on any atom is 0.225 e. The van der Waals surface area contributed by atoms with E-state index in [0.717, 1.165) is 11.4 Å². The summed E-state index contributed by atoms with van der Waals surface area (Å²) >= 11 is 0. The molecule has 5 nitrogen and oxygen atoms in total. The van der Waals surface area contributed by atoms with Crippen molar-refractivity contribution < 1.29 is 4.39 Å². The number of pyridine rings is 1. The van der Waals surface area contributed by atoms with Crippen molar-refractivity contribution in [2.75, 3.05) is 10.6 Å². The molecule has 116 valence electrons.